The summed E-state index contributed by atoms with van der Waals surface area (Å²) < 4.78 is 12.6. The van der Waals surface area contributed by atoms with E-state index in [-0.39, 0.29) is 25.0 Å². The second kappa shape index (κ2) is 4.32. The molecule has 0 heterocycles. The van der Waals surface area contributed by atoms with Crippen molar-refractivity contribution < 1.29 is 23.9 Å². The van der Waals surface area contributed by atoms with Gasteiger partial charge in [0, 0.05) is 6.42 Å². The number of hydrogen-bond donors (Lipinski definition) is 2. The van der Waals surface area contributed by atoms with Crippen molar-refractivity contribution in [3.63, 3.8) is 0 Å². The highest BCUT2D eigenvalue weighted by atomic mass is 35.5. The fraction of sp³-hybridized carbons (Fsp3) is 0.667. The van der Waals surface area contributed by atoms with E-state index in [2.05, 4.69) is 0 Å². The molecule has 0 aliphatic heterocycles. The SMILES string of the molecule is C[C@]1(F)C[C@]1(N)C(=O)O.Cl.O=C=O. The summed E-state index contributed by atoms with van der Waals surface area (Å²) in [6.45, 7) is 1.20. The van der Waals surface area contributed by atoms with E-state index in [0.717, 1.165) is 0 Å². The zero-order valence-electron chi connectivity index (χ0n) is 6.74. The topological polar surface area (TPSA) is 97.5 Å². The Morgan fingerprint density at radius 2 is 1.85 bits per heavy atom. The normalized spacial score (nSPS) is 34.4. The van der Waals surface area contributed by atoms with Crippen LogP contribution in [0.15, 0.2) is 0 Å². The fourth-order valence-electron chi connectivity index (χ4n) is 0.778. The lowest BCUT2D eigenvalue weighted by atomic mass is 10.2. The average molecular weight is 214 g/mol. The van der Waals surface area contributed by atoms with Crippen LogP contribution in [-0.2, 0) is 14.4 Å². The Morgan fingerprint density at radius 3 is 1.85 bits per heavy atom. The number of carboxylic acids is 1. The summed E-state index contributed by atoms with van der Waals surface area (Å²) >= 11 is 0. The van der Waals surface area contributed by atoms with Gasteiger partial charge in [-0.2, -0.15) is 9.59 Å². The van der Waals surface area contributed by atoms with Gasteiger partial charge in [0.1, 0.15) is 5.67 Å². The standard InChI is InChI=1S/C5H8FNO2.CO2.ClH/c1-4(6)2-5(4,7)3(8)9;2-1-3;/h2,7H2,1H3,(H,8,9);;1H/t4-,5-;;/m0../s1. The second-order valence-electron chi connectivity index (χ2n) is 2.73. The minimum atomic E-state index is -1.70. The summed E-state index contributed by atoms with van der Waals surface area (Å²) in [6.07, 6.45) is 0.176. The van der Waals surface area contributed by atoms with E-state index in [4.69, 9.17) is 20.4 Å². The van der Waals surface area contributed by atoms with Crippen LogP contribution in [0.2, 0.25) is 0 Å². The molecule has 13 heavy (non-hydrogen) atoms. The highest BCUT2D eigenvalue weighted by molar-refractivity contribution is 5.85. The number of carbonyl (C=O) groups excluding carboxylic acids is 2. The third-order valence-electron chi connectivity index (χ3n) is 1.80. The van der Waals surface area contributed by atoms with Crippen molar-refractivity contribution in [3.05, 3.63) is 0 Å². The first kappa shape index (κ1) is 14.5. The lowest BCUT2D eigenvalue weighted by molar-refractivity contribution is -0.191. The van der Waals surface area contributed by atoms with Gasteiger partial charge in [-0.25, -0.2) is 4.39 Å². The fourth-order valence-corrected chi connectivity index (χ4v) is 0.778. The molecular weight excluding hydrogens is 205 g/mol. The maximum atomic E-state index is 12.6. The van der Waals surface area contributed by atoms with Gasteiger partial charge in [0.25, 0.3) is 0 Å². The first-order valence-electron chi connectivity index (χ1n) is 3.02. The molecule has 1 aliphatic rings. The molecule has 0 unspecified atom stereocenters. The van der Waals surface area contributed by atoms with Crippen LogP contribution >= 0.6 is 12.4 Å². The molecule has 1 rings (SSSR count). The first-order chi connectivity index (χ1) is 5.31. The van der Waals surface area contributed by atoms with Crippen LogP contribution in [0, 0.1) is 0 Å². The van der Waals surface area contributed by atoms with Crippen molar-refractivity contribution in [1.82, 2.24) is 0 Å². The van der Waals surface area contributed by atoms with Gasteiger partial charge in [-0.05, 0) is 6.92 Å². The number of carboxylic acid groups (broad SMARTS) is 1. The molecule has 5 nitrogen and oxygen atoms in total. The van der Waals surface area contributed by atoms with Gasteiger partial charge in [0.2, 0.25) is 0 Å². The van der Waals surface area contributed by atoms with Gasteiger partial charge in [-0.15, -0.1) is 12.4 Å². The van der Waals surface area contributed by atoms with Gasteiger partial charge < -0.3 is 10.8 Å². The Hall–Kier alpha value is -0.970. The summed E-state index contributed by atoms with van der Waals surface area (Å²) in [5.74, 6) is -1.26. The third-order valence-corrected chi connectivity index (χ3v) is 1.80. The Balaban J connectivity index is 0. The van der Waals surface area contributed by atoms with Crippen LogP contribution in [0.25, 0.3) is 0 Å². The molecule has 0 spiro atoms. The number of halogens is 2. The molecule has 0 radical (unpaired) electrons. The van der Waals surface area contributed by atoms with Crippen LogP contribution in [0.5, 0.6) is 0 Å². The van der Waals surface area contributed by atoms with E-state index in [9.17, 15) is 9.18 Å². The van der Waals surface area contributed by atoms with E-state index in [1.807, 2.05) is 0 Å². The number of alkyl halides is 1. The van der Waals surface area contributed by atoms with Crippen molar-refractivity contribution >= 4 is 24.5 Å². The van der Waals surface area contributed by atoms with Crippen LogP contribution in [0.1, 0.15) is 13.3 Å². The van der Waals surface area contributed by atoms with E-state index < -0.39 is 17.2 Å². The molecule has 76 valence electrons. The van der Waals surface area contributed by atoms with E-state index in [1.165, 1.54) is 6.92 Å². The third kappa shape index (κ3) is 2.77. The van der Waals surface area contributed by atoms with Crippen molar-refractivity contribution in [1.29, 1.82) is 0 Å². The van der Waals surface area contributed by atoms with Gasteiger partial charge in [0.15, 0.2) is 5.54 Å². The lowest BCUT2D eigenvalue weighted by Gasteiger charge is -2.03. The highest BCUT2D eigenvalue weighted by Gasteiger charge is 2.69. The van der Waals surface area contributed by atoms with Crippen LogP contribution < -0.4 is 5.73 Å². The van der Waals surface area contributed by atoms with Crippen molar-refractivity contribution in [2.45, 2.75) is 24.6 Å². The second-order valence-corrected chi connectivity index (χ2v) is 2.73. The Morgan fingerprint density at radius 1 is 1.62 bits per heavy atom. The van der Waals surface area contributed by atoms with Crippen molar-refractivity contribution in [2.75, 3.05) is 0 Å². The summed E-state index contributed by atoms with van der Waals surface area (Å²) in [5.41, 5.74) is 1.79. The zero-order valence-corrected chi connectivity index (χ0v) is 7.56. The predicted molar refractivity (Wildman–Crippen MR) is 40.9 cm³/mol. The number of nitrogens with two attached hydrogens (primary N) is 1. The van der Waals surface area contributed by atoms with Crippen molar-refractivity contribution in [2.24, 2.45) is 5.73 Å². The summed E-state index contributed by atoms with van der Waals surface area (Å²) in [7, 11) is 0. The molecule has 2 atom stereocenters. The number of rotatable bonds is 1. The molecule has 1 aliphatic carbocycles. The average Bonchev–Trinajstić information content (AvgIpc) is 2.35. The molecule has 0 aromatic carbocycles. The molecule has 1 fully saturated rings. The quantitative estimate of drug-likeness (QED) is 0.625. The Kier molecular flexibility index (Phi) is 4.83. The molecule has 3 N–H and O–H groups in total. The van der Waals surface area contributed by atoms with Gasteiger partial charge in [0.05, 0.1) is 0 Å². The predicted octanol–water partition coefficient (Wildman–Crippen LogP) is -0.261. The van der Waals surface area contributed by atoms with Gasteiger partial charge in [-0.1, -0.05) is 0 Å². The van der Waals surface area contributed by atoms with Gasteiger partial charge >= 0.3 is 12.1 Å². The Bertz CT molecular complexity index is 239. The highest BCUT2D eigenvalue weighted by Crippen LogP contribution is 2.48. The molecule has 1 saturated carbocycles. The number of hydrogen-bond acceptors (Lipinski definition) is 4. The molecule has 7 heteroatoms. The maximum Gasteiger partial charge on any atom is 0.373 e. The zero-order chi connectivity index (χ0) is 9.99. The first-order valence-corrected chi connectivity index (χ1v) is 3.02. The van der Waals surface area contributed by atoms with Crippen LogP contribution in [-0.4, -0.2) is 28.4 Å². The molecular formula is C6H9ClFNO4. The van der Waals surface area contributed by atoms with Crippen LogP contribution in [0.4, 0.5) is 4.39 Å². The molecule has 0 saturated heterocycles. The summed E-state index contributed by atoms with van der Waals surface area (Å²) in [5, 5.41) is 8.28. The number of carbonyl (C=O) groups is 1. The largest absolute Gasteiger partial charge is 0.480 e. The molecule has 0 aromatic heterocycles. The van der Waals surface area contributed by atoms with Crippen molar-refractivity contribution in [3.8, 4) is 0 Å². The van der Waals surface area contributed by atoms with Crippen LogP contribution in [0.3, 0.4) is 0 Å². The van der Waals surface area contributed by atoms with E-state index in [0.29, 0.717) is 0 Å². The van der Waals surface area contributed by atoms with E-state index >= 15 is 0 Å². The lowest BCUT2D eigenvalue weighted by Crippen LogP contribution is -2.39. The molecule has 0 aromatic rings. The minimum absolute atomic E-state index is 0. The monoisotopic (exact) mass is 213 g/mol. The summed E-state index contributed by atoms with van der Waals surface area (Å²) in [6, 6.07) is 0. The Labute approximate surface area is 79.5 Å². The van der Waals surface area contributed by atoms with E-state index in [1.54, 1.807) is 0 Å². The number of aliphatic carboxylic acids is 1. The smallest absolute Gasteiger partial charge is 0.373 e. The summed E-state index contributed by atoms with van der Waals surface area (Å²) in [4.78, 5) is 26.4. The maximum absolute atomic E-state index is 12.6. The molecule has 0 amide bonds. The minimum Gasteiger partial charge on any atom is -0.480 e. The van der Waals surface area contributed by atoms with Gasteiger partial charge in [-0.3, -0.25) is 4.79 Å². The molecule has 0 bridgehead atoms.